The van der Waals surface area contributed by atoms with Crippen molar-refractivity contribution < 1.29 is 9.53 Å². The Hall–Kier alpha value is -2.12. The second-order valence-corrected chi connectivity index (χ2v) is 6.76. The van der Waals surface area contributed by atoms with E-state index in [4.69, 9.17) is 16.3 Å². The molecule has 0 aliphatic carbocycles. The molecule has 1 N–H and O–H groups in total. The number of ether oxygens (including phenoxy) is 1. The topological polar surface area (TPSA) is 50.7 Å². The molecular formula is C19H14ClIN2O2. The number of carbonyl (C=O) groups is 1. The summed E-state index contributed by atoms with van der Waals surface area (Å²) in [6.07, 6.45) is 1.61. The molecule has 0 bridgehead atoms. The number of rotatable bonds is 5. The Bertz CT molecular complexity index is 944. The highest BCUT2D eigenvalue weighted by atomic mass is 127. The van der Waals surface area contributed by atoms with Crippen LogP contribution in [0.25, 0.3) is 10.8 Å². The number of nitrogens with one attached hydrogen (secondary N) is 1. The number of halogens is 2. The second kappa shape index (κ2) is 8.31. The van der Waals surface area contributed by atoms with Gasteiger partial charge in [-0.25, -0.2) is 5.43 Å². The number of carbonyl (C=O) groups excluding carboxylic acids is 1. The first-order valence-corrected chi connectivity index (χ1v) is 8.97. The number of fused-ring (bicyclic) bond motifs is 1. The van der Waals surface area contributed by atoms with Gasteiger partial charge in [-0.15, -0.1) is 0 Å². The molecule has 25 heavy (non-hydrogen) atoms. The van der Waals surface area contributed by atoms with Crippen LogP contribution < -0.4 is 10.2 Å². The fourth-order valence-electron chi connectivity index (χ4n) is 2.29. The zero-order chi connectivity index (χ0) is 17.6. The van der Waals surface area contributed by atoms with E-state index in [1.165, 1.54) is 0 Å². The van der Waals surface area contributed by atoms with Crippen molar-refractivity contribution in [3.8, 4) is 5.75 Å². The van der Waals surface area contributed by atoms with Gasteiger partial charge in [0.2, 0.25) is 0 Å². The summed E-state index contributed by atoms with van der Waals surface area (Å²) in [5.41, 5.74) is 3.40. The minimum atomic E-state index is -0.332. The SMILES string of the molecule is O=C(COc1ccc(Cl)c2ccccc12)NN=Cc1ccccc1I. The van der Waals surface area contributed by atoms with E-state index in [1.54, 1.807) is 18.3 Å². The molecule has 3 aromatic rings. The summed E-state index contributed by atoms with van der Waals surface area (Å²) < 4.78 is 6.67. The Morgan fingerprint density at radius 2 is 1.80 bits per heavy atom. The van der Waals surface area contributed by atoms with Gasteiger partial charge in [0, 0.05) is 24.9 Å². The van der Waals surface area contributed by atoms with E-state index in [-0.39, 0.29) is 12.5 Å². The molecule has 4 nitrogen and oxygen atoms in total. The van der Waals surface area contributed by atoms with E-state index >= 15 is 0 Å². The zero-order valence-electron chi connectivity index (χ0n) is 13.1. The van der Waals surface area contributed by atoms with Gasteiger partial charge < -0.3 is 4.74 Å². The molecule has 0 spiro atoms. The van der Waals surface area contributed by atoms with Gasteiger partial charge in [0.1, 0.15) is 5.75 Å². The zero-order valence-corrected chi connectivity index (χ0v) is 16.0. The number of amides is 1. The van der Waals surface area contributed by atoms with Crippen molar-refractivity contribution in [2.45, 2.75) is 0 Å². The summed E-state index contributed by atoms with van der Waals surface area (Å²) in [6, 6.07) is 18.9. The van der Waals surface area contributed by atoms with Gasteiger partial charge >= 0.3 is 0 Å². The van der Waals surface area contributed by atoms with Crippen molar-refractivity contribution in [1.82, 2.24) is 5.43 Å². The Labute approximate surface area is 164 Å². The number of hydrogen-bond acceptors (Lipinski definition) is 3. The maximum atomic E-state index is 11.9. The lowest BCUT2D eigenvalue weighted by atomic mass is 10.1. The summed E-state index contributed by atoms with van der Waals surface area (Å²) >= 11 is 8.39. The first kappa shape index (κ1) is 17.7. The minimum Gasteiger partial charge on any atom is -0.483 e. The van der Waals surface area contributed by atoms with Crippen LogP contribution in [0, 0.1) is 3.57 Å². The lowest BCUT2D eigenvalue weighted by molar-refractivity contribution is -0.123. The molecule has 0 saturated carbocycles. The molecule has 0 heterocycles. The van der Waals surface area contributed by atoms with Crippen molar-refractivity contribution in [2.24, 2.45) is 5.10 Å². The smallest absolute Gasteiger partial charge is 0.277 e. The third-order valence-corrected chi connectivity index (χ3v) is 4.80. The molecule has 0 saturated heterocycles. The molecule has 0 aliphatic rings. The highest BCUT2D eigenvalue weighted by molar-refractivity contribution is 14.1. The highest BCUT2D eigenvalue weighted by Gasteiger charge is 2.07. The van der Waals surface area contributed by atoms with Crippen LogP contribution in [0.4, 0.5) is 0 Å². The molecule has 0 aliphatic heterocycles. The van der Waals surface area contributed by atoms with Crippen molar-refractivity contribution in [2.75, 3.05) is 6.61 Å². The number of hydrazone groups is 1. The first-order chi connectivity index (χ1) is 12.1. The molecule has 126 valence electrons. The van der Waals surface area contributed by atoms with Crippen molar-refractivity contribution >= 4 is 57.1 Å². The summed E-state index contributed by atoms with van der Waals surface area (Å²) in [5, 5.41) is 6.36. The third kappa shape index (κ3) is 4.49. The van der Waals surface area contributed by atoms with Crippen LogP contribution in [0.1, 0.15) is 5.56 Å². The molecule has 0 atom stereocenters. The summed E-state index contributed by atoms with van der Waals surface area (Å²) in [4.78, 5) is 11.9. The highest BCUT2D eigenvalue weighted by Crippen LogP contribution is 2.31. The monoisotopic (exact) mass is 464 g/mol. The van der Waals surface area contributed by atoms with E-state index < -0.39 is 0 Å². The minimum absolute atomic E-state index is 0.130. The molecule has 1 amide bonds. The van der Waals surface area contributed by atoms with Crippen LogP contribution in [0.15, 0.2) is 65.8 Å². The van der Waals surface area contributed by atoms with Crippen LogP contribution in [0.2, 0.25) is 5.02 Å². The number of benzene rings is 3. The van der Waals surface area contributed by atoms with Gasteiger partial charge in [0.25, 0.3) is 5.91 Å². The molecule has 3 aromatic carbocycles. The van der Waals surface area contributed by atoms with Gasteiger partial charge in [-0.3, -0.25) is 4.79 Å². The van der Waals surface area contributed by atoms with Crippen LogP contribution in [-0.4, -0.2) is 18.7 Å². The lowest BCUT2D eigenvalue weighted by Gasteiger charge is -2.09. The van der Waals surface area contributed by atoms with Crippen LogP contribution in [0.3, 0.4) is 0 Å². The Balaban J connectivity index is 1.62. The average Bonchev–Trinajstić information content (AvgIpc) is 2.63. The van der Waals surface area contributed by atoms with Crippen LogP contribution in [0.5, 0.6) is 5.75 Å². The van der Waals surface area contributed by atoms with E-state index in [0.717, 1.165) is 19.9 Å². The normalized spacial score (nSPS) is 11.0. The van der Waals surface area contributed by atoms with Crippen LogP contribution in [-0.2, 0) is 4.79 Å². The first-order valence-electron chi connectivity index (χ1n) is 7.51. The largest absolute Gasteiger partial charge is 0.483 e. The van der Waals surface area contributed by atoms with E-state index in [0.29, 0.717) is 10.8 Å². The van der Waals surface area contributed by atoms with Crippen molar-refractivity contribution in [1.29, 1.82) is 0 Å². The summed E-state index contributed by atoms with van der Waals surface area (Å²) in [6.45, 7) is -0.130. The molecule has 0 aromatic heterocycles. The van der Waals surface area contributed by atoms with Gasteiger partial charge in [-0.1, -0.05) is 54.1 Å². The van der Waals surface area contributed by atoms with Gasteiger partial charge in [-0.2, -0.15) is 5.10 Å². The van der Waals surface area contributed by atoms with Crippen LogP contribution >= 0.6 is 34.2 Å². The fraction of sp³-hybridized carbons (Fsp3) is 0.0526. The maximum absolute atomic E-state index is 11.9. The summed E-state index contributed by atoms with van der Waals surface area (Å²) in [7, 11) is 0. The van der Waals surface area contributed by atoms with Gasteiger partial charge in [-0.05, 0) is 40.8 Å². The predicted octanol–water partition coefficient (Wildman–Crippen LogP) is 4.63. The summed E-state index contributed by atoms with van der Waals surface area (Å²) in [5.74, 6) is 0.276. The molecule has 0 unspecified atom stereocenters. The molecule has 6 heteroatoms. The predicted molar refractivity (Wildman–Crippen MR) is 109 cm³/mol. The van der Waals surface area contributed by atoms with Crippen molar-refractivity contribution in [3.63, 3.8) is 0 Å². The molecule has 3 rings (SSSR count). The lowest BCUT2D eigenvalue weighted by Crippen LogP contribution is -2.24. The molecule has 0 fully saturated rings. The number of hydrogen-bond donors (Lipinski definition) is 1. The molecular weight excluding hydrogens is 451 g/mol. The van der Waals surface area contributed by atoms with E-state index in [2.05, 4.69) is 33.1 Å². The third-order valence-electron chi connectivity index (χ3n) is 3.49. The fourth-order valence-corrected chi connectivity index (χ4v) is 3.04. The van der Waals surface area contributed by atoms with Gasteiger partial charge in [0.15, 0.2) is 6.61 Å². The second-order valence-electron chi connectivity index (χ2n) is 5.19. The number of nitrogens with zero attached hydrogens (tertiary/aromatic N) is 1. The van der Waals surface area contributed by atoms with Crippen molar-refractivity contribution in [3.05, 3.63) is 74.8 Å². The maximum Gasteiger partial charge on any atom is 0.277 e. The van der Waals surface area contributed by atoms with Gasteiger partial charge in [0.05, 0.1) is 6.21 Å². The quantitative estimate of drug-likeness (QED) is 0.340. The average molecular weight is 465 g/mol. The Morgan fingerprint density at radius 3 is 2.60 bits per heavy atom. The van der Waals surface area contributed by atoms with E-state index in [9.17, 15) is 4.79 Å². The molecule has 0 radical (unpaired) electrons. The Morgan fingerprint density at radius 1 is 1.08 bits per heavy atom. The Kier molecular flexibility index (Phi) is 5.88. The standard InChI is InChI=1S/C19H14ClIN2O2/c20-16-9-10-18(15-7-3-2-6-14(15)16)25-12-19(24)23-22-11-13-5-1-4-8-17(13)21/h1-11H,12H2,(H,23,24). The van der Waals surface area contributed by atoms with E-state index in [1.807, 2.05) is 48.5 Å².